The van der Waals surface area contributed by atoms with Crippen LogP contribution < -0.4 is 15.4 Å². The van der Waals surface area contributed by atoms with Crippen LogP contribution in [-0.4, -0.2) is 88.6 Å². The van der Waals surface area contributed by atoms with Gasteiger partial charge in [-0.1, -0.05) is 77.3 Å². The number of hydrogen-bond donors (Lipinski definition) is 3. The summed E-state index contributed by atoms with van der Waals surface area (Å²) in [7, 11) is -4.44. The average molecular weight is 826 g/mol. The number of sulfonamides is 1. The third-order valence-electron chi connectivity index (χ3n) is 7.21. The summed E-state index contributed by atoms with van der Waals surface area (Å²) in [4.78, 5) is 40.8. The standard InChI is InChI=1S/C34H38Cl3F3N4O8S/c1-3-50-30(51-4-2)19-44(21-34(38,39)40)32(46)27(16-22-10-12-24(35)13-11-22)42-31(45)28(43-33(47)52-20-23-8-6-5-7-9-23)18-41-53(48,49)29-15-14-25(36)17-26(29)37/h5-15,17,27-28,30,41H,3-4,16,18-21H2,1-2H3,(H,42,45)(H,43,47). The van der Waals surface area contributed by atoms with E-state index in [1.54, 1.807) is 44.2 Å². The molecule has 0 spiro atoms. The number of nitrogens with one attached hydrogen (secondary N) is 3. The first-order valence-electron chi connectivity index (χ1n) is 16.1. The first-order chi connectivity index (χ1) is 25.0. The summed E-state index contributed by atoms with van der Waals surface area (Å²) in [5.41, 5.74) is 0.994. The topological polar surface area (TPSA) is 152 Å². The lowest BCUT2D eigenvalue weighted by Crippen LogP contribution is -2.59. The second kappa shape index (κ2) is 20.7. The summed E-state index contributed by atoms with van der Waals surface area (Å²) in [6.45, 7) is -0.0799. The molecule has 3 N–H and O–H groups in total. The number of benzene rings is 3. The Morgan fingerprint density at radius 2 is 1.45 bits per heavy atom. The molecule has 290 valence electrons. The number of hydrogen-bond acceptors (Lipinski definition) is 8. The van der Waals surface area contributed by atoms with E-state index >= 15 is 0 Å². The van der Waals surface area contributed by atoms with Crippen LogP contribution in [0.3, 0.4) is 0 Å². The fourth-order valence-corrected chi connectivity index (χ4v) is 6.73. The molecule has 0 fully saturated rings. The summed E-state index contributed by atoms with van der Waals surface area (Å²) in [5.74, 6) is -2.31. The summed E-state index contributed by atoms with van der Waals surface area (Å²) >= 11 is 18.0. The second-order valence-electron chi connectivity index (χ2n) is 11.3. The number of amides is 3. The second-order valence-corrected chi connectivity index (χ2v) is 14.3. The van der Waals surface area contributed by atoms with Gasteiger partial charge in [0, 0.05) is 36.2 Å². The van der Waals surface area contributed by atoms with Crippen molar-refractivity contribution in [3.63, 3.8) is 0 Å². The number of alkyl carbamates (subject to hydrolysis) is 1. The fraction of sp³-hybridized carbons (Fsp3) is 0.382. The number of rotatable bonds is 19. The Hall–Kier alpha value is -3.64. The van der Waals surface area contributed by atoms with Crippen LogP contribution in [0, 0.1) is 0 Å². The minimum atomic E-state index is -4.86. The maximum absolute atomic E-state index is 14.0. The molecule has 2 atom stereocenters. The maximum atomic E-state index is 14.0. The highest BCUT2D eigenvalue weighted by Gasteiger charge is 2.38. The van der Waals surface area contributed by atoms with Gasteiger partial charge in [-0.2, -0.15) is 13.2 Å². The highest BCUT2D eigenvalue weighted by Crippen LogP contribution is 2.25. The molecule has 53 heavy (non-hydrogen) atoms. The van der Waals surface area contributed by atoms with Crippen molar-refractivity contribution < 1.29 is 50.2 Å². The monoisotopic (exact) mass is 824 g/mol. The Morgan fingerprint density at radius 3 is 2.04 bits per heavy atom. The molecule has 3 aromatic carbocycles. The van der Waals surface area contributed by atoms with Gasteiger partial charge < -0.3 is 29.7 Å². The third-order valence-corrected chi connectivity index (χ3v) is 9.60. The first-order valence-corrected chi connectivity index (χ1v) is 18.7. The van der Waals surface area contributed by atoms with Crippen LogP contribution in [0.4, 0.5) is 18.0 Å². The van der Waals surface area contributed by atoms with Crippen LogP contribution in [0.5, 0.6) is 0 Å². The molecule has 0 heterocycles. The van der Waals surface area contributed by atoms with Gasteiger partial charge in [0.1, 0.15) is 30.1 Å². The van der Waals surface area contributed by atoms with E-state index in [0.29, 0.717) is 21.0 Å². The number of nitrogens with zero attached hydrogens (tertiary/aromatic N) is 1. The van der Waals surface area contributed by atoms with Crippen LogP contribution in [0.25, 0.3) is 0 Å². The molecule has 0 saturated carbocycles. The van der Waals surface area contributed by atoms with Crippen molar-refractivity contribution in [2.45, 2.75) is 56.3 Å². The molecule has 0 aliphatic carbocycles. The van der Waals surface area contributed by atoms with E-state index in [9.17, 15) is 36.0 Å². The number of ether oxygens (including phenoxy) is 3. The van der Waals surface area contributed by atoms with E-state index in [4.69, 9.17) is 49.0 Å². The summed E-state index contributed by atoms with van der Waals surface area (Å²) in [6.07, 6.45) is -7.57. The highest BCUT2D eigenvalue weighted by molar-refractivity contribution is 7.89. The highest BCUT2D eigenvalue weighted by atomic mass is 35.5. The Labute approximate surface area is 320 Å². The quantitative estimate of drug-likeness (QED) is 0.130. The maximum Gasteiger partial charge on any atom is 0.408 e. The van der Waals surface area contributed by atoms with Gasteiger partial charge in [-0.15, -0.1) is 0 Å². The molecule has 0 saturated heterocycles. The zero-order valence-corrected chi connectivity index (χ0v) is 31.6. The molecule has 3 amide bonds. The number of carbonyl (C=O) groups excluding carboxylic acids is 3. The Kier molecular flexibility index (Phi) is 17.1. The summed E-state index contributed by atoms with van der Waals surface area (Å²) in [6, 6.07) is 14.6. The van der Waals surface area contributed by atoms with Gasteiger partial charge in [0.25, 0.3) is 0 Å². The number of carbonyl (C=O) groups is 3. The predicted octanol–water partition coefficient (Wildman–Crippen LogP) is 5.74. The molecule has 3 rings (SSSR count). The molecular formula is C34H38Cl3F3N4O8S. The van der Waals surface area contributed by atoms with Crippen molar-refractivity contribution in [1.29, 1.82) is 0 Å². The molecule has 3 aromatic rings. The lowest BCUT2D eigenvalue weighted by atomic mass is 10.0. The SMILES string of the molecule is CCOC(CN(CC(F)(F)F)C(=O)C(Cc1ccc(Cl)cc1)NC(=O)C(CNS(=O)(=O)c1ccc(Cl)cc1Cl)NC(=O)OCc1ccccc1)OCC. The van der Waals surface area contributed by atoms with Crippen molar-refractivity contribution in [3.8, 4) is 0 Å². The van der Waals surface area contributed by atoms with Crippen LogP contribution in [-0.2, 0) is 46.9 Å². The van der Waals surface area contributed by atoms with Crippen molar-refractivity contribution in [3.05, 3.63) is 99.0 Å². The van der Waals surface area contributed by atoms with Crippen molar-refractivity contribution in [2.24, 2.45) is 0 Å². The lowest BCUT2D eigenvalue weighted by Gasteiger charge is -2.32. The van der Waals surface area contributed by atoms with Gasteiger partial charge in [0.2, 0.25) is 21.8 Å². The van der Waals surface area contributed by atoms with Gasteiger partial charge in [0.15, 0.2) is 6.29 Å². The number of alkyl halides is 3. The average Bonchev–Trinajstić information content (AvgIpc) is 3.09. The van der Waals surface area contributed by atoms with Gasteiger partial charge in [-0.3, -0.25) is 9.59 Å². The Bertz CT molecular complexity index is 1770. The zero-order valence-electron chi connectivity index (χ0n) is 28.5. The Morgan fingerprint density at radius 1 is 0.830 bits per heavy atom. The number of halogens is 6. The van der Waals surface area contributed by atoms with Crippen LogP contribution >= 0.6 is 34.8 Å². The first kappa shape index (κ1) is 43.8. The zero-order chi connectivity index (χ0) is 39.2. The fourth-order valence-electron chi connectivity index (χ4n) is 4.78. The summed E-state index contributed by atoms with van der Waals surface area (Å²) in [5, 5.41) is 4.91. The molecule has 12 nitrogen and oxygen atoms in total. The lowest BCUT2D eigenvalue weighted by molar-refractivity contribution is -0.184. The van der Waals surface area contributed by atoms with Crippen LogP contribution in [0.1, 0.15) is 25.0 Å². The molecule has 0 aliphatic rings. The molecule has 0 radical (unpaired) electrons. The minimum Gasteiger partial charge on any atom is -0.445 e. The van der Waals surface area contributed by atoms with Crippen molar-refractivity contribution in [1.82, 2.24) is 20.3 Å². The smallest absolute Gasteiger partial charge is 0.408 e. The molecular weight excluding hydrogens is 788 g/mol. The van der Waals surface area contributed by atoms with Gasteiger partial charge in [-0.25, -0.2) is 17.9 Å². The molecule has 2 unspecified atom stereocenters. The van der Waals surface area contributed by atoms with E-state index in [1.807, 2.05) is 0 Å². The Balaban J connectivity index is 1.96. The van der Waals surface area contributed by atoms with Crippen LogP contribution in [0.15, 0.2) is 77.7 Å². The van der Waals surface area contributed by atoms with Crippen molar-refractivity contribution in [2.75, 3.05) is 32.8 Å². The molecule has 0 bridgehead atoms. The van der Waals surface area contributed by atoms with Crippen LogP contribution in [0.2, 0.25) is 15.1 Å². The van der Waals surface area contributed by atoms with Gasteiger partial charge >= 0.3 is 12.3 Å². The molecule has 0 aromatic heterocycles. The van der Waals surface area contributed by atoms with Gasteiger partial charge in [-0.05, 0) is 55.3 Å². The van der Waals surface area contributed by atoms with E-state index in [0.717, 1.165) is 6.07 Å². The van der Waals surface area contributed by atoms with E-state index in [1.165, 1.54) is 36.4 Å². The van der Waals surface area contributed by atoms with E-state index in [-0.39, 0.29) is 36.3 Å². The third kappa shape index (κ3) is 15.0. The summed E-state index contributed by atoms with van der Waals surface area (Å²) < 4.78 is 86.1. The van der Waals surface area contributed by atoms with Gasteiger partial charge in [0.05, 0.1) is 11.6 Å². The minimum absolute atomic E-state index is 0.0640. The molecule has 0 aliphatic heterocycles. The van der Waals surface area contributed by atoms with E-state index < -0.39 is 77.0 Å². The van der Waals surface area contributed by atoms with Crippen molar-refractivity contribution >= 4 is 62.7 Å². The predicted molar refractivity (Wildman–Crippen MR) is 192 cm³/mol. The normalized spacial score (nSPS) is 12.9. The largest absolute Gasteiger partial charge is 0.445 e. The van der Waals surface area contributed by atoms with E-state index in [2.05, 4.69) is 15.4 Å². The molecule has 19 heteroatoms.